The molecule has 0 aliphatic carbocycles. The van der Waals surface area contributed by atoms with E-state index in [9.17, 15) is 4.39 Å². The SMILES string of the molecule is COc1cccc(CSc2ccc(N)cc2Cl)c1F. The standard InChI is InChI=1S/C14H13ClFNOS/c1-18-12-4-2-3-9(14(12)16)8-19-13-6-5-10(17)7-11(13)15/h2-7H,8,17H2,1H3. The summed E-state index contributed by atoms with van der Waals surface area (Å²) in [6.07, 6.45) is 0. The predicted molar refractivity (Wildman–Crippen MR) is 78.4 cm³/mol. The van der Waals surface area contributed by atoms with E-state index in [1.165, 1.54) is 18.9 Å². The van der Waals surface area contributed by atoms with Crippen molar-refractivity contribution in [1.29, 1.82) is 0 Å². The molecule has 2 aromatic carbocycles. The molecule has 0 spiro atoms. The Kier molecular flexibility index (Phi) is 4.56. The van der Waals surface area contributed by atoms with E-state index in [1.54, 1.807) is 30.3 Å². The van der Waals surface area contributed by atoms with Crippen molar-refractivity contribution in [2.75, 3.05) is 12.8 Å². The highest BCUT2D eigenvalue weighted by atomic mass is 35.5. The second-order valence-corrected chi connectivity index (χ2v) is 5.34. The van der Waals surface area contributed by atoms with Gasteiger partial charge in [0.05, 0.1) is 12.1 Å². The Bertz CT molecular complexity index is 592. The fourth-order valence-corrected chi connectivity index (χ4v) is 2.86. The number of methoxy groups -OCH3 is 1. The van der Waals surface area contributed by atoms with Crippen molar-refractivity contribution in [2.24, 2.45) is 0 Å². The van der Waals surface area contributed by atoms with E-state index < -0.39 is 0 Å². The lowest BCUT2D eigenvalue weighted by Gasteiger charge is -2.08. The van der Waals surface area contributed by atoms with Crippen LogP contribution in [0.15, 0.2) is 41.3 Å². The summed E-state index contributed by atoms with van der Waals surface area (Å²) in [6, 6.07) is 10.4. The molecule has 0 radical (unpaired) electrons. The predicted octanol–water partition coefficient (Wildman–Crippen LogP) is 4.36. The van der Waals surface area contributed by atoms with Crippen LogP contribution in [0, 0.1) is 5.82 Å². The van der Waals surface area contributed by atoms with Gasteiger partial charge in [-0.2, -0.15) is 0 Å². The first-order valence-electron chi connectivity index (χ1n) is 5.61. The van der Waals surface area contributed by atoms with E-state index in [2.05, 4.69) is 0 Å². The van der Waals surface area contributed by atoms with E-state index in [1.807, 2.05) is 6.07 Å². The molecule has 0 aliphatic rings. The molecule has 0 bridgehead atoms. The fourth-order valence-electron chi connectivity index (χ4n) is 1.62. The van der Waals surface area contributed by atoms with Crippen LogP contribution in [0.1, 0.15) is 5.56 Å². The van der Waals surface area contributed by atoms with Gasteiger partial charge in [-0.15, -0.1) is 11.8 Å². The molecule has 0 aliphatic heterocycles. The number of benzene rings is 2. The average molecular weight is 298 g/mol. The first kappa shape index (κ1) is 14.0. The third-order valence-electron chi connectivity index (χ3n) is 2.60. The van der Waals surface area contributed by atoms with Crippen LogP contribution in [0.3, 0.4) is 0 Å². The van der Waals surface area contributed by atoms with Gasteiger partial charge in [-0.1, -0.05) is 23.7 Å². The lowest BCUT2D eigenvalue weighted by atomic mass is 10.2. The highest BCUT2D eigenvalue weighted by Gasteiger charge is 2.09. The Balaban J connectivity index is 2.14. The number of rotatable bonds is 4. The molecule has 0 atom stereocenters. The molecule has 2 nitrogen and oxygen atoms in total. The van der Waals surface area contributed by atoms with E-state index >= 15 is 0 Å². The highest BCUT2D eigenvalue weighted by Crippen LogP contribution is 2.32. The summed E-state index contributed by atoms with van der Waals surface area (Å²) in [5.41, 5.74) is 6.82. The maximum atomic E-state index is 13.9. The number of nitrogen functional groups attached to an aromatic ring is 1. The molecule has 2 N–H and O–H groups in total. The number of hydrogen-bond donors (Lipinski definition) is 1. The molecule has 2 aromatic rings. The van der Waals surface area contributed by atoms with Crippen LogP contribution in [0.2, 0.25) is 5.02 Å². The zero-order valence-electron chi connectivity index (χ0n) is 10.3. The van der Waals surface area contributed by atoms with Gasteiger partial charge in [0, 0.05) is 21.9 Å². The number of halogens is 2. The van der Waals surface area contributed by atoms with Crippen LogP contribution in [0.4, 0.5) is 10.1 Å². The topological polar surface area (TPSA) is 35.2 Å². The molecule has 0 unspecified atom stereocenters. The number of hydrogen-bond acceptors (Lipinski definition) is 3. The Hall–Kier alpha value is -1.39. The smallest absolute Gasteiger partial charge is 0.169 e. The van der Waals surface area contributed by atoms with Gasteiger partial charge in [0.25, 0.3) is 0 Å². The number of anilines is 1. The van der Waals surface area contributed by atoms with Crippen LogP contribution in [-0.4, -0.2) is 7.11 Å². The molecule has 0 aromatic heterocycles. The number of thioether (sulfide) groups is 1. The summed E-state index contributed by atoms with van der Waals surface area (Å²) in [5, 5.41) is 0.577. The Morgan fingerprint density at radius 3 is 2.79 bits per heavy atom. The van der Waals surface area contributed by atoms with Gasteiger partial charge < -0.3 is 10.5 Å². The summed E-state index contributed by atoms with van der Waals surface area (Å²) in [7, 11) is 1.45. The Morgan fingerprint density at radius 2 is 2.11 bits per heavy atom. The minimum atomic E-state index is -0.330. The van der Waals surface area contributed by atoms with E-state index in [0.29, 0.717) is 22.0 Å². The van der Waals surface area contributed by atoms with Crippen molar-refractivity contribution < 1.29 is 9.13 Å². The zero-order valence-corrected chi connectivity index (χ0v) is 11.9. The number of ether oxygens (including phenoxy) is 1. The fraction of sp³-hybridized carbons (Fsp3) is 0.143. The highest BCUT2D eigenvalue weighted by molar-refractivity contribution is 7.98. The van der Waals surface area contributed by atoms with E-state index in [0.717, 1.165) is 4.90 Å². The average Bonchev–Trinajstić information content (AvgIpc) is 2.39. The zero-order chi connectivity index (χ0) is 13.8. The van der Waals surface area contributed by atoms with Crippen LogP contribution in [-0.2, 0) is 5.75 Å². The first-order chi connectivity index (χ1) is 9.11. The summed E-state index contributed by atoms with van der Waals surface area (Å²) in [5.74, 6) is 0.401. The van der Waals surface area contributed by atoms with Crippen LogP contribution < -0.4 is 10.5 Å². The second kappa shape index (κ2) is 6.17. The Morgan fingerprint density at radius 1 is 1.32 bits per heavy atom. The minimum absolute atomic E-state index is 0.251. The summed E-state index contributed by atoms with van der Waals surface area (Å²) >= 11 is 7.53. The van der Waals surface area contributed by atoms with Gasteiger partial charge in [-0.05, 0) is 24.3 Å². The van der Waals surface area contributed by atoms with Gasteiger partial charge in [-0.25, -0.2) is 4.39 Å². The van der Waals surface area contributed by atoms with Crippen molar-refractivity contribution in [3.8, 4) is 5.75 Å². The van der Waals surface area contributed by atoms with Crippen LogP contribution >= 0.6 is 23.4 Å². The van der Waals surface area contributed by atoms with E-state index in [4.69, 9.17) is 22.1 Å². The van der Waals surface area contributed by atoms with Crippen LogP contribution in [0.5, 0.6) is 5.75 Å². The lowest BCUT2D eigenvalue weighted by molar-refractivity contribution is 0.385. The third-order valence-corrected chi connectivity index (χ3v) is 4.15. The molecule has 0 amide bonds. The van der Waals surface area contributed by atoms with Crippen molar-refractivity contribution in [2.45, 2.75) is 10.6 Å². The van der Waals surface area contributed by atoms with Gasteiger partial charge in [0.15, 0.2) is 11.6 Å². The first-order valence-corrected chi connectivity index (χ1v) is 6.97. The molecular weight excluding hydrogens is 285 g/mol. The largest absolute Gasteiger partial charge is 0.494 e. The summed E-state index contributed by atoms with van der Waals surface area (Å²) in [4.78, 5) is 0.873. The van der Waals surface area contributed by atoms with Crippen molar-refractivity contribution in [1.82, 2.24) is 0 Å². The van der Waals surface area contributed by atoms with Gasteiger partial charge in [0.2, 0.25) is 0 Å². The van der Waals surface area contributed by atoms with Gasteiger partial charge in [0.1, 0.15) is 0 Å². The molecule has 2 rings (SSSR count). The number of nitrogens with two attached hydrogens (primary N) is 1. The van der Waals surface area contributed by atoms with E-state index in [-0.39, 0.29) is 11.6 Å². The molecule has 0 saturated heterocycles. The maximum absolute atomic E-state index is 13.9. The molecule has 0 heterocycles. The third kappa shape index (κ3) is 3.33. The molecule has 0 saturated carbocycles. The van der Waals surface area contributed by atoms with Gasteiger partial charge >= 0.3 is 0 Å². The minimum Gasteiger partial charge on any atom is -0.494 e. The van der Waals surface area contributed by atoms with Crippen molar-refractivity contribution in [3.05, 3.63) is 52.8 Å². The van der Waals surface area contributed by atoms with Crippen molar-refractivity contribution in [3.63, 3.8) is 0 Å². The molecular formula is C14H13ClFNOS. The normalized spacial score (nSPS) is 10.5. The lowest BCUT2D eigenvalue weighted by Crippen LogP contribution is -1.93. The summed E-state index contributed by atoms with van der Waals surface area (Å²) in [6.45, 7) is 0. The molecule has 5 heteroatoms. The van der Waals surface area contributed by atoms with Crippen LogP contribution in [0.25, 0.3) is 0 Å². The quantitative estimate of drug-likeness (QED) is 0.672. The van der Waals surface area contributed by atoms with Crippen molar-refractivity contribution >= 4 is 29.1 Å². The maximum Gasteiger partial charge on any atom is 0.169 e. The molecule has 19 heavy (non-hydrogen) atoms. The molecule has 0 fully saturated rings. The molecule has 100 valence electrons. The second-order valence-electron chi connectivity index (χ2n) is 3.91. The Labute approximate surface area is 120 Å². The monoisotopic (exact) mass is 297 g/mol. The summed E-state index contributed by atoms with van der Waals surface area (Å²) < 4.78 is 18.9. The van der Waals surface area contributed by atoms with Gasteiger partial charge in [-0.3, -0.25) is 0 Å².